The van der Waals surface area contributed by atoms with E-state index in [-0.39, 0.29) is 5.54 Å². The molecular weight excluding hydrogens is 162 g/mol. The van der Waals surface area contributed by atoms with E-state index in [9.17, 15) is 0 Å². The first-order valence-electron chi connectivity index (χ1n) is 5.33. The topological polar surface area (TPSA) is 64.1 Å². The first-order valence-corrected chi connectivity index (χ1v) is 5.33. The van der Waals surface area contributed by atoms with Crippen LogP contribution in [0.4, 0.5) is 0 Å². The molecule has 0 saturated carbocycles. The molecule has 0 rings (SSSR count). The molecule has 0 aromatic rings. The zero-order valence-corrected chi connectivity index (χ0v) is 9.10. The zero-order chi connectivity index (χ0) is 10.2. The molecule has 0 amide bonds. The summed E-state index contributed by atoms with van der Waals surface area (Å²) >= 11 is 0. The van der Waals surface area contributed by atoms with Gasteiger partial charge in [-0.05, 0) is 52.2 Å². The van der Waals surface area contributed by atoms with Gasteiger partial charge in [-0.1, -0.05) is 6.92 Å². The summed E-state index contributed by atoms with van der Waals surface area (Å²) in [6, 6.07) is 0. The highest BCUT2D eigenvalue weighted by atomic mass is 14.9. The van der Waals surface area contributed by atoms with Crippen LogP contribution < -0.4 is 16.8 Å². The molecule has 0 saturated heterocycles. The van der Waals surface area contributed by atoms with Gasteiger partial charge in [0.1, 0.15) is 0 Å². The van der Waals surface area contributed by atoms with E-state index in [0.29, 0.717) is 0 Å². The molecule has 0 aromatic heterocycles. The molecule has 0 unspecified atom stereocenters. The van der Waals surface area contributed by atoms with Crippen molar-refractivity contribution in [1.82, 2.24) is 5.32 Å². The van der Waals surface area contributed by atoms with Crippen LogP contribution in [0, 0.1) is 0 Å². The number of hydrogen-bond acceptors (Lipinski definition) is 3. The molecule has 3 nitrogen and oxygen atoms in total. The summed E-state index contributed by atoms with van der Waals surface area (Å²) < 4.78 is 0. The van der Waals surface area contributed by atoms with Crippen molar-refractivity contribution in [2.75, 3.05) is 20.1 Å². The van der Waals surface area contributed by atoms with Crippen molar-refractivity contribution >= 4 is 0 Å². The minimum absolute atomic E-state index is 0.277. The largest absolute Gasteiger partial charge is 0.330 e. The molecule has 13 heavy (non-hydrogen) atoms. The van der Waals surface area contributed by atoms with Gasteiger partial charge in [0.15, 0.2) is 0 Å². The fourth-order valence-corrected chi connectivity index (χ4v) is 1.79. The standard InChI is InChI=1S/C10H25N3/c1-3-10(13-2,6-4-8-11)7-5-9-12/h13H,3-9,11-12H2,1-2H3. The molecule has 0 aliphatic heterocycles. The van der Waals surface area contributed by atoms with Crippen LogP contribution >= 0.6 is 0 Å². The van der Waals surface area contributed by atoms with Gasteiger partial charge < -0.3 is 16.8 Å². The van der Waals surface area contributed by atoms with Gasteiger partial charge in [-0.15, -0.1) is 0 Å². The Bertz CT molecular complexity index is 101. The van der Waals surface area contributed by atoms with Gasteiger partial charge in [0.25, 0.3) is 0 Å². The van der Waals surface area contributed by atoms with Crippen LogP contribution in [0.25, 0.3) is 0 Å². The molecule has 0 aromatic carbocycles. The predicted molar refractivity (Wildman–Crippen MR) is 58.7 cm³/mol. The lowest BCUT2D eigenvalue weighted by atomic mass is 9.86. The summed E-state index contributed by atoms with van der Waals surface area (Å²) in [4.78, 5) is 0. The van der Waals surface area contributed by atoms with Crippen LogP contribution in [-0.2, 0) is 0 Å². The highest BCUT2D eigenvalue weighted by Crippen LogP contribution is 2.22. The van der Waals surface area contributed by atoms with Crippen molar-refractivity contribution in [2.24, 2.45) is 11.5 Å². The van der Waals surface area contributed by atoms with E-state index >= 15 is 0 Å². The fraction of sp³-hybridized carbons (Fsp3) is 1.00. The Balaban J connectivity index is 3.97. The van der Waals surface area contributed by atoms with Crippen LogP contribution in [0.1, 0.15) is 39.0 Å². The van der Waals surface area contributed by atoms with Gasteiger partial charge in [0, 0.05) is 5.54 Å². The van der Waals surface area contributed by atoms with Crippen molar-refractivity contribution in [2.45, 2.75) is 44.6 Å². The summed E-state index contributed by atoms with van der Waals surface area (Å²) in [5.41, 5.74) is 11.3. The van der Waals surface area contributed by atoms with Gasteiger partial charge in [-0.25, -0.2) is 0 Å². The second kappa shape index (κ2) is 7.30. The smallest absolute Gasteiger partial charge is 0.0176 e. The lowest BCUT2D eigenvalue weighted by molar-refractivity contribution is 0.280. The Morgan fingerprint density at radius 3 is 1.77 bits per heavy atom. The van der Waals surface area contributed by atoms with Gasteiger partial charge in [0.05, 0.1) is 0 Å². The second-order valence-electron chi connectivity index (χ2n) is 3.67. The Labute approximate surface area is 82.3 Å². The molecule has 80 valence electrons. The Hall–Kier alpha value is -0.120. The maximum atomic E-state index is 5.52. The van der Waals surface area contributed by atoms with Crippen molar-refractivity contribution in [3.8, 4) is 0 Å². The average molecular weight is 187 g/mol. The summed E-state index contributed by atoms with van der Waals surface area (Å²) in [6.07, 6.45) is 5.68. The van der Waals surface area contributed by atoms with Crippen molar-refractivity contribution < 1.29 is 0 Å². The molecule has 3 heteroatoms. The minimum atomic E-state index is 0.277. The predicted octanol–water partition coefficient (Wildman–Crippen LogP) is 0.832. The Morgan fingerprint density at radius 2 is 1.54 bits per heavy atom. The van der Waals surface area contributed by atoms with E-state index in [4.69, 9.17) is 11.5 Å². The maximum Gasteiger partial charge on any atom is 0.0176 e. The Kier molecular flexibility index (Phi) is 7.23. The van der Waals surface area contributed by atoms with Gasteiger partial charge in [-0.2, -0.15) is 0 Å². The number of nitrogens with two attached hydrogens (primary N) is 2. The van der Waals surface area contributed by atoms with Gasteiger partial charge in [-0.3, -0.25) is 0 Å². The molecular formula is C10H25N3. The molecule has 0 fully saturated rings. The Morgan fingerprint density at radius 1 is 1.08 bits per heavy atom. The van der Waals surface area contributed by atoms with Crippen LogP contribution in [0.5, 0.6) is 0 Å². The molecule has 0 bridgehead atoms. The van der Waals surface area contributed by atoms with E-state index in [1.54, 1.807) is 0 Å². The van der Waals surface area contributed by atoms with E-state index in [1.165, 1.54) is 0 Å². The van der Waals surface area contributed by atoms with E-state index in [0.717, 1.165) is 45.2 Å². The van der Waals surface area contributed by atoms with Crippen molar-refractivity contribution in [1.29, 1.82) is 0 Å². The number of hydrogen-bond donors (Lipinski definition) is 3. The molecule has 0 spiro atoms. The van der Waals surface area contributed by atoms with Crippen LogP contribution in [-0.4, -0.2) is 25.7 Å². The highest BCUT2D eigenvalue weighted by Gasteiger charge is 2.23. The quantitative estimate of drug-likeness (QED) is 0.527. The van der Waals surface area contributed by atoms with Gasteiger partial charge >= 0.3 is 0 Å². The van der Waals surface area contributed by atoms with Crippen molar-refractivity contribution in [3.05, 3.63) is 0 Å². The third-order valence-electron chi connectivity index (χ3n) is 2.93. The maximum absolute atomic E-state index is 5.52. The molecule has 0 aliphatic rings. The monoisotopic (exact) mass is 187 g/mol. The van der Waals surface area contributed by atoms with Crippen LogP contribution in [0.3, 0.4) is 0 Å². The molecule has 5 N–H and O–H groups in total. The zero-order valence-electron chi connectivity index (χ0n) is 9.10. The second-order valence-corrected chi connectivity index (χ2v) is 3.67. The molecule has 0 radical (unpaired) electrons. The summed E-state index contributed by atoms with van der Waals surface area (Å²) in [7, 11) is 2.04. The first-order chi connectivity index (χ1) is 6.24. The van der Waals surface area contributed by atoms with Crippen LogP contribution in [0.2, 0.25) is 0 Å². The van der Waals surface area contributed by atoms with E-state index in [1.807, 2.05) is 7.05 Å². The third-order valence-corrected chi connectivity index (χ3v) is 2.93. The van der Waals surface area contributed by atoms with E-state index < -0.39 is 0 Å². The molecule has 0 aliphatic carbocycles. The van der Waals surface area contributed by atoms with E-state index in [2.05, 4.69) is 12.2 Å². The first kappa shape index (κ1) is 12.9. The normalized spacial score (nSPS) is 12.0. The SMILES string of the molecule is CCC(CCCN)(CCCN)NC. The number of rotatable bonds is 8. The van der Waals surface area contributed by atoms with Crippen LogP contribution in [0.15, 0.2) is 0 Å². The number of nitrogens with one attached hydrogen (secondary N) is 1. The highest BCUT2D eigenvalue weighted by molar-refractivity contribution is 4.85. The summed E-state index contributed by atoms with van der Waals surface area (Å²) in [6.45, 7) is 3.79. The molecule has 0 heterocycles. The average Bonchev–Trinajstić information content (AvgIpc) is 2.20. The van der Waals surface area contributed by atoms with Gasteiger partial charge in [0.2, 0.25) is 0 Å². The fourth-order valence-electron chi connectivity index (χ4n) is 1.79. The third kappa shape index (κ3) is 4.60. The summed E-state index contributed by atoms with van der Waals surface area (Å²) in [5, 5.41) is 3.42. The lowest BCUT2D eigenvalue weighted by Gasteiger charge is -2.32. The molecule has 0 atom stereocenters. The van der Waals surface area contributed by atoms with Crippen molar-refractivity contribution in [3.63, 3.8) is 0 Å². The summed E-state index contributed by atoms with van der Waals surface area (Å²) in [5.74, 6) is 0. The minimum Gasteiger partial charge on any atom is -0.330 e. The lowest BCUT2D eigenvalue weighted by Crippen LogP contribution is -2.43.